The van der Waals surface area contributed by atoms with Gasteiger partial charge in [-0.3, -0.25) is 19.0 Å². The predicted molar refractivity (Wildman–Crippen MR) is 120 cm³/mol. The molecule has 0 aliphatic carbocycles. The molecule has 3 aromatic rings. The Morgan fingerprint density at radius 2 is 1.80 bits per heavy atom. The summed E-state index contributed by atoms with van der Waals surface area (Å²) >= 11 is 1.50. The maximum Gasteiger partial charge on any atom is 0.262 e. The Morgan fingerprint density at radius 1 is 1.13 bits per heavy atom. The minimum Gasteiger partial charge on any atom is -0.339 e. The van der Waals surface area contributed by atoms with Gasteiger partial charge in [0.15, 0.2) is 0 Å². The van der Waals surface area contributed by atoms with Crippen LogP contribution >= 0.6 is 11.3 Å². The van der Waals surface area contributed by atoms with Gasteiger partial charge >= 0.3 is 0 Å². The van der Waals surface area contributed by atoms with Crippen molar-refractivity contribution in [3.8, 4) is 0 Å². The summed E-state index contributed by atoms with van der Waals surface area (Å²) in [6.07, 6.45) is 1.65. The Bertz CT molecular complexity index is 1130. The van der Waals surface area contributed by atoms with Crippen LogP contribution in [0.4, 0.5) is 5.69 Å². The van der Waals surface area contributed by atoms with Crippen molar-refractivity contribution in [3.63, 3.8) is 0 Å². The molecular formula is C22H26N4O3S. The molecule has 2 amide bonds. The van der Waals surface area contributed by atoms with Crippen LogP contribution in [-0.2, 0) is 11.3 Å². The molecule has 0 spiro atoms. The van der Waals surface area contributed by atoms with Gasteiger partial charge in [0.2, 0.25) is 5.91 Å². The largest absolute Gasteiger partial charge is 0.339 e. The second-order valence-corrected chi connectivity index (χ2v) is 8.26. The standard InChI is InChI=1S/C22H26N4O3S/c1-5-25(6-2)21(28)16-7-9-17(10-8-16)24-18(27)11-12-26-13-23-20-19(22(26)29)14(3)15(4)30-20/h7-10,13H,5-6,11-12H2,1-4H3,(H,24,27). The zero-order valence-corrected chi connectivity index (χ0v) is 18.5. The van der Waals surface area contributed by atoms with Gasteiger partial charge in [-0.05, 0) is 57.5 Å². The number of nitrogens with one attached hydrogen (secondary N) is 1. The number of thiophene rings is 1. The van der Waals surface area contributed by atoms with Gasteiger partial charge in [0, 0.05) is 42.2 Å². The fourth-order valence-electron chi connectivity index (χ4n) is 3.26. The van der Waals surface area contributed by atoms with Crippen molar-refractivity contribution in [2.75, 3.05) is 18.4 Å². The molecule has 30 heavy (non-hydrogen) atoms. The number of aromatic nitrogens is 2. The van der Waals surface area contributed by atoms with Crippen LogP contribution in [0, 0.1) is 13.8 Å². The summed E-state index contributed by atoms with van der Waals surface area (Å²) in [4.78, 5) is 45.3. The van der Waals surface area contributed by atoms with Gasteiger partial charge in [-0.15, -0.1) is 11.3 Å². The average molecular weight is 427 g/mol. The Kier molecular flexibility index (Phi) is 6.66. The summed E-state index contributed by atoms with van der Waals surface area (Å²) in [6.45, 7) is 9.32. The van der Waals surface area contributed by atoms with Crippen molar-refractivity contribution in [2.45, 2.75) is 40.7 Å². The molecule has 0 aliphatic rings. The average Bonchev–Trinajstić information content (AvgIpc) is 3.03. The zero-order chi connectivity index (χ0) is 21.8. The summed E-state index contributed by atoms with van der Waals surface area (Å²) in [5.74, 6) is -0.234. The number of rotatable bonds is 7. The number of carbonyl (C=O) groups is 2. The first-order valence-electron chi connectivity index (χ1n) is 10.00. The van der Waals surface area contributed by atoms with E-state index in [-0.39, 0.29) is 30.3 Å². The van der Waals surface area contributed by atoms with Gasteiger partial charge in [-0.1, -0.05) is 0 Å². The van der Waals surface area contributed by atoms with Crippen LogP contribution in [0.2, 0.25) is 0 Å². The van der Waals surface area contributed by atoms with Gasteiger partial charge in [-0.2, -0.15) is 0 Å². The quantitative estimate of drug-likeness (QED) is 0.626. The highest BCUT2D eigenvalue weighted by atomic mass is 32.1. The molecular weight excluding hydrogens is 400 g/mol. The molecule has 0 atom stereocenters. The lowest BCUT2D eigenvalue weighted by atomic mass is 10.1. The van der Waals surface area contributed by atoms with E-state index in [0.717, 1.165) is 15.3 Å². The third-order valence-electron chi connectivity index (χ3n) is 5.20. The van der Waals surface area contributed by atoms with Gasteiger partial charge in [0.1, 0.15) is 4.83 Å². The number of hydrogen-bond acceptors (Lipinski definition) is 5. The molecule has 0 unspecified atom stereocenters. The fourth-order valence-corrected chi connectivity index (χ4v) is 4.25. The molecule has 7 nitrogen and oxygen atoms in total. The highest BCUT2D eigenvalue weighted by molar-refractivity contribution is 7.18. The lowest BCUT2D eigenvalue weighted by molar-refractivity contribution is -0.116. The third kappa shape index (κ3) is 4.43. The summed E-state index contributed by atoms with van der Waals surface area (Å²) in [5, 5.41) is 3.44. The van der Waals surface area contributed by atoms with Crippen molar-refractivity contribution < 1.29 is 9.59 Å². The smallest absolute Gasteiger partial charge is 0.262 e. The number of aryl methyl sites for hydroxylation is 3. The van der Waals surface area contributed by atoms with Crippen LogP contribution < -0.4 is 10.9 Å². The molecule has 3 rings (SSSR count). The van der Waals surface area contributed by atoms with E-state index in [0.29, 0.717) is 29.7 Å². The van der Waals surface area contributed by atoms with Crippen LogP contribution in [0.3, 0.4) is 0 Å². The van der Waals surface area contributed by atoms with Gasteiger partial charge in [-0.25, -0.2) is 4.98 Å². The van der Waals surface area contributed by atoms with Crippen molar-refractivity contribution in [1.29, 1.82) is 0 Å². The number of benzene rings is 1. The monoisotopic (exact) mass is 426 g/mol. The molecule has 1 aromatic carbocycles. The summed E-state index contributed by atoms with van der Waals surface area (Å²) in [7, 11) is 0. The highest BCUT2D eigenvalue weighted by Gasteiger charge is 2.14. The molecule has 0 saturated carbocycles. The highest BCUT2D eigenvalue weighted by Crippen LogP contribution is 2.25. The van der Waals surface area contributed by atoms with Crippen molar-refractivity contribution >= 4 is 39.1 Å². The van der Waals surface area contributed by atoms with E-state index >= 15 is 0 Å². The number of nitrogens with zero attached hydrogens (tertiary/aromatic N) is 3. The maximum absolute atomic E-state index is 12.7. The summed E-state index contributed by atoms with van der Waals surface area (Å²) in [5.41, 5.74) is 2.03. The lowest BCUT2D eigenvalue weighted by Crippen LogP contribution is -2.30. The SMILES string of the molecule is CCN(CC)C(=O)c1ccc(NC(=O)CCn2cnc3sc(C)c(C)c3c2=O)cc1. The van der Waals surface area contributed by atoms with E-state index in [4.69, 9.17) is 0 Å². The molecule has 0 fully saturated rings. The molecule has 0 bridgehead atoms. The van der Waals surface area contributed by atoms with Crippen LogP contribution in [0.5, 0.6) is 0 Å². The molecule has 1 N–H and O–H groups in total. The van der Waals surface area contributed by atoms with E-state index in [1.54, 1.807) is 29.2 Å². The Labute approximate surface area is 179 Å². The van der Waals surface area contributed by atoms with Gasteiger partial charge in [0.25, 0.3) is 11.5 Å². The first-order chi connectivity index (χ1) is 14.3. The van der Waals surface area contributed by atoms with Crippen LogP contribution in [0.15, 0.2) is 35.4 Å². The number of hydrogen-bond donors (Lipinski definition) is 1. The van der Waals surface area contributed by atoms with Crippen LogP contribution in [0.1, 0.15) is 41.1 Å². The van der Waals surface area contributed by atoms with Gasteiger partial charge < -0.3 is 10.2 Å². The fraction of sp³-hybridized carbons (Fsp3) is 0.364. The van der Waals surface area contributed by atoms with Crippen molar-refractivity contribution in [2.24, 2.45) is 0 Å². The number of carbonyl (C=O) groups excluding carboxylic acids is 2. The first-order valence-corrected chi connectivity index (χ1v) is 10.8. The summed E-state index contributed by atoms with van der Waals surface area (Å²) in [6, 6.07) is 6.85. The Hall–Kier alpha value is -3.00. The number of amides is 2. The minimum atomic E-state index is -0.206. The second kappa shape index (κ2) is 9.21. The summed E-state index contributed by atoms with van der Waals surface area (Å²) < 4.78 is 1.48. The third-order valence-corrected chi connectivity index (χ3v) is 6.32. The normalized spacial score (nSPS) is 10.9. The topological polar surface area (TPSA) is 84.3 Å². The molecule has 0 saturated heterocycles. The van der Waals surface area contributed by atoms with Crippen molar-refractivity contribution in [3.05, 3.63) is 57.0 Å². The van der Waals surface area contributed by atoms with E-state index in [1.807, 2.05) is 27.7 Å². The second-order valence-electron chi connectivity index (χ2n) is 7.06. The zero-order valence-electron chi connectivity index (χ0n) is 17.7. The molecule has 8 heteroatoms. The number of fused-ring (bicyclic) bond motifs is 1. The van der Waals surface area contributed by atoms with Gasteiger partial charge in [0.05, 0.1) is 11.7 Å². The molecule has 0 aliphatic heterocycles. The molecule has 0 radical (unpaired) electrons. The van der Waals surface area contributed by atoms with Crippen molar-refractivity contribution in [1.82, 2.24) is 14.5 Å². The Balaban J connectivity index is 1.63. The van der Waals surface area contributed by atoms with E-state index < -0.39 is 0 Å². The van der Waals surface area contributed by atoms with E-state index in [1.165, 1.54) is 22.2 Å². The maximum atomic E-state index is 12.7. The first kappa shape index (κ1) is 21.7. The van der Waals surface area contributed by atoms with Crippen LogP contribution in [-0.4, -0.2) is 39.4 Å². The molecule has 2 aromatic heterocycles. The minimum absolute atomic E-state index is 0.0286. The molecule has 2 heterocycles. The predicted octanol–water partition coefficient (Wildman–Crippen LogP) is 3.59. The molecule has 158 valence electrons. The number of anilines is 1. The van der Waals surface area contributed by atoms with Crippen LogP contribution in [0.25, 0.3) is 10.2 Å². The van der Waals surface area contributed by atoms with E-state index in [9.17, 15) is 14.4 Å². The Morgan fingerprint density at radius 3 is 2.43 bits per heavy atom. The van der Waals surface area contributed by atoms with E-state index in [2.05, 4.69) is 10.3 Å². The lowest BCUT2D eigenvalue weighted by Gasteiger charge is -2.18.